The predicted molar refractivity (Wildman–Crippen MR) is 533 cm³/mol. The molecule has 4 aliphatic rings. The van der Waals surface area contributed by atoms with Crippen molar-refractivity contribution in [3.8, 4) is 132 Å². The third kappa shape index (κ3) is 20.1. The Hall–Kier alpha value is -18.4. The van der Waals surface area contributed by atoms with E-state index in [9.17, 15) is 55.9 Å². The molecule has 20 rings (SSSR count). The van der Waals surface area contributed by atoms with Gasteiger partial charge < -0.3 is 74.2 Å². The molecule has 12 heterocycles. The van der Waals surface area contributed by atoms with E-state index in [1.165, 1.54) is 82.3 Å². The van der Waals surface area contributed by atoms with Gasteiger partial charge in [-0.2, -0.15) is 13.2 Å². The number of nitrogens with two attached hydrogens (primary N) is 2. The molecule has 0 aliphatic carbocycles. The lowest BCUT2D eigenvalue weighted by Crippen LogP contribution is -2.30. The molecule has 4 fully saturated rings. The number of aromatic amines is 2. The number of carbonyl (C=O) groups is 6. The van der Waals surface area contributed by atoms with Crippen LogP contribution in [0.25, 0.3) is 67.1 Å². The number of imidazole rings is 4. The van der Waals surface area contributed by atoms with Crippen LogP contribution in [0.4, 0.5) is 17.6 Å². The highest BCUT2D eigenvalue weighted by molar-refractivity contribution is 6.03. The van der Waals surface area contributed by atoms with Crippen molar-refractivity contribution in [2.45, 2.75) is 103 Å². The van der Waals surface area contributed by atoms with E-state index in [1.807, 2.05) is 6.92 Å². The molecule has 4 atom stereocenters. The van der Waals surface area contributed by atoms with E-state index in [0.717, 1.165) is 38.5 Å². The minimum Gasteiger partial charge on any atom is -0.494 e. The third-order valence-electron chi connectivity index (χ3n) is 25.2. The third-order valence-corrected chi connectivity index (χ3v) is 25.2. The van der Waals surface area contributed by atoms with Gasteiger partial charge in [-0.15, -0.1) is 0 Å². The summed E-state index contributed by atoms with van der Waals surface area (Å²) in [5, 5.41) is 0. The number of hydrogen-bond donors (Lipinski definition) is 4. The molecule has 0 saturated carbocycles. The van der Waals surface area contributed by atoms with Gasteiger partial charge >= 0.3 is 0 Å². The van der Waals surface area contributed by atoms with Gasteiger partial charge in [0, 0.05) is 98.0 Å². The molecule has 740 valence electrons. The Labute approximate surface area is 832 Å². The first-order valence-corrected chi connectivity index (χ1v) is 46.6. The Bertz CT molecular complexity index is 8020. The number of primary amides is 2. The van der Waals surface area contributed by atoms with E-state index in [0.29, 0.717) is 164 Å². The Morgan fingerprint density at radius 3 is 0.973 bits per heavy atom. The summed E-state index contributed by atoms with van der Waals surface area (Å²) in [6.45, 7) is 14.7. The SMILES string of the molecule is C=CC(=O)N1CCC[C@H]1c1nc(-c2ccc(Oc3cccc(CC)c3F)cc2)c2c(=O)[nH]ccn12.C=CC(=O)N1CCC[C@H]1c1nc(-c2ccc(Oc3cccc(OC)c3F)cc2)c2c(C(N)=O)nccn12.CC#CC(=O)N1CCC[C@H]1c1nc(-c2ccc(Oc3cccc(OC)c3F)cc2)c2c(=O)[nH]ccn12.CC#CC(=O)N1CCC[C@H]1c1nc(-c2ccc(Oc3cccc(OC)c3F)cc2)c2c(C(N)=O)nccn12. The predicted octanol–water partition coefficient (Wildman–Crippen LogP) is 17.8. The summed E-state index contributed by atoms with van der Waals surface area (Å²) in [6, 6.07) is 45.4. The molecule has 0 spiro atoms. The van der Waals surface area contributed by atoms with Gasteiger partial charge in [0.25, 0.3) is 34.7 Å². The van der Waals surface area contributed by atoms with Gasteiger partial charge in [0.15, 0.2) is 57.5 Å². The summed E-state index contributed by atoms with van der Waals surface area (Å²) in [7, 11) is 4.15. The molecule has 8 aromatic carbocycles. The number of halogens is 4. The highest BCUT2D eigenvalue weighted by Gasteiger charge is 2.39. The second-order valence-corrected chi connectivity index (χ2v) is 33.8. The number of fused-ring (bicyclic) bond motifs is 4. The fraction of sp³-hybridized carbons (Fsp3) is 0.211. The molecule has 8 aromatic heterocycles. The summed E-state index contributed by atoms with van der Waals surface area (Å²) < 4.78 is 103. The quantitative estimate of drug-likeness (QED) is 0.0248. The Balaban J connectivity index is 0.000000133. The normalized spacial score (nSPS) is 15.1. The van der Waals surface area contributed by atoms with E-state index in [4.69, 9.17) is 64.6 Å². The fourth-order valence-corrected chi connectivity index (χ4v) is 18.4. The molecule has 4 aliphatic heterocycles. The van der Waals surface area contributed by atoms with E-state index in [-0.39, 0.29) is 116 Å². The summed E-state index contributed by atoms with van der Waals surface area (Å²) in [5.41, 5.74) is 17.7. The Kier molecular flexibility index (Phi) is 29.7. The lowest BCUT2D eigenvalue weighted by Gasteiger charge is -2.22. The van der Waals surface area contributed by atoms with E-state index in [2.05, 4.69) is 56.8 Å². The largest absolute Gasteiger partial charge is 0.494 e. The number of nitrogens with one attached hydrogen (secondary N) is 2. The zero-order valence-corrected chi connectivity index (χ0v) is 79.9. The van der Waals surface area contributed by atoms with Gasteiger partial charge in [0.2, 0.25) is 29.3 Å². The number of hydrogen-bond acceptors (Lipinski definition) is 21. The number of ether oxygens (including phenoxy) is 7. The Morgan fingerprint density at radius 2 is 0.678 bits per heavy atom. The molecule has 6 N–H and O–H groups in total. The lowest BCUT2D eigenvalue weighted by atomic mass is 10.1. The number of likely N-dealkylation sites (tertiary alicyclic amines) is 4. The van der Waals surface area contributed by atoms with Crippen LogP contribution in [0.3, 0.4) is 0 Å². The first-order chi connectivity index (χ1) is 70.9. The van der Waals surface area contributed by atoms with Crippen LogP contribution in [0, 0.1) is 47.0 Å². The molecule has 0 radical (unpaired) electrons. The topological polar surface area (TPSA) is 393 Å². The van der Waals surface area contributed by atoms with E-state index >= 15 is 0 Å². The van der Waals surface area contributed by atoms with Gasteiger partial charge in [-0.25, -0.2) is 34.3 Å². The van der Waals surface area contributed by atoms with Crippen LogP contribution in [0.5, 0.6) is 63.2 Å². The fourth-order valence-electron chi connectivity index (χ4n) is 18.4. The van der Waals surface area contributed by atoms with Crippen molar-refractivity contribution < 1.29 is 79.5 Å². The summed E-state index contributed by atoms with van der Waals surface area (Å²) in [4.78, 5) is 140. The number of amides is 6. The zero-order chi connectivity index (χ0) is 103. The number of aromatic nitrogens is 12. The van der Waals surface area contributed by atoms with Crippen LogP contribution in [-0.4, -0.2) is 160 Å². The second-order valence-electron chi connectivity index (χ2n) is 33.8. The molecule has 16 aromatic rings. The average molecular weight is 1970 g/mol. The van der Waals surface area contributed by atoms with E-state index < -0.39 is 29.3 Å². The molecule has 6 amide bonds. The number of carbonyl (C=O) groups excluding carboxylic acids is 6. The highest BCUT2D eigenvalue weighted by Crippen LogP contribution is 2.44. The first kappa shape index (κ1) is 99.2. The number of aryl methyl sites for hydroxylation is 1. The Morgan fingerprint density at radius 1 is 0.397 bits per heavy atom. The molecule has 4 saturated heterocycles. The van der Waals surface area contributed by atoms with Crippen molar-refractivity contribution in [3.63, 3.8) is 0 Å². The maximum atomic E-state index is 14.6. The number of methoxy groups -OCH3 is 3. The summed E-state index contributed by atoms with van der Waals surface area (Å²) >= 11 is 0. The van der Waals surface area contributed by atoms with Crippen molar-refractivity contribution in [1.82, 2.24) is 77.1 Å². The zero-order valence-electron chi connectivity index (χ0n) is 79.9. The number of H-pyrrole nitrogens is 2. The van der Waals surface area contributed by atoms with Gasteiger partial charge in [-0.1, -0.05) is 62.3 Å². The lowest BCUT2D eigenvalue weighted by molar-refractivity contribution is -0.127. The van der Waals surface area contributed by atoms with Crippen LogP contribution in [0.2, 0.25) is 0 Å². The highest BCUT2D eigenvalue weighted by atomic mass is 19.1. The molecule has 0 bridgehead atoms. The minimum absolute atomic E-state index is 0.0215. The van der Waals surface area contributed by atoms with Crippen LogP contribution < -0.4 is 55.7 Å². The van der Waals surface area contributed by atoms with Crippen molar-refractivity contribution in [1.29, 1.82) is 0 Å². The average Bonchev–Trinajstić information content (AvgIpc) is 1.63. The number of rotatable bonds is 24. The molecule has 0 unspecified atom stereocenters. The van der Waals surface area contributed by atoms with Gasteiger partial charge in [-0.3, -0.25) is 56.0 Å². The molecular formula is C109H96F4N18O15. The second kappa shape index (κ2) is 43.8. The van der Waals surface area contributed by atoms with Crippen molar-refractivity contribution in [3.05, 3.63) is 329 Å². The van der Waals surface area contributed by atoms with Gasteiger partial charge in [0.1, 0.15) is 79.8 Å². The van der Waals surface area contributed by atoms with Crippen LogP contribution in [0.1, 0.15) is 146 Å². The van der Waals surface area contributed by atoms with Gasteiger partial charge in [0.05, 0.1) is 56.9 Å². The summed E-state index contributed by atoms with van der Waals surface area (Å²) in [5.74, 6) is 10.7. The van der Waals surface area contributed by atoms with Crippen molar-refractivity contribution in [2.24, 2.45) is 11.5 Å². The smallest absolute Gasteiger partial charge is 0.299 e. The molecule has 146 heavy (non-hydrogen) atoms. The van der Waals surface area contributed by atoms with Gasteiger partial charge in [-0.05, 0) is 241 Å². The monoisotopic (exact) mass is 1970 g/mol. The summed E-state index contributed by atoms with van der Waals surface area (Å²) in [6.07, 6.45) is 22.3. The van der Waals surface area contributed by atoms with E-state index in [1.54, 1.807) is 222 Å². The van der Waals surface area contributed by atoms with Crippen LogP contribution >= 0.6 is 0 Å². The van der Waals surface area contributed by atoms with Crippen LogP contribution in [-0.2, 0) is 25.6 Å². The number of nitrogens with zero attached hydrogens (tertiary/aromatic N) is 14. The maximum absolute atomic E-state index is 14.6. The molecule has 33 nitrogen and oxygen atoms in total. The standard InChI is InChI=1S/C28H24FN5O4.C27H24FN5O4.C27H23FN4O4.C27H25FN4O3/c1-3-6-22(35)33-15-5-7-19(33)28-32-24(26-25(27(30)36)31-14-16-34(26)28)17-10-12-18(13-11-17)38-21-9-4-8-20(37-2)23(21)29;1-3-21(34)32-14-5-6-18(32)27-31-23(25-24(26(29)35)30-13-15-33(25)27)16-9-11-17(12-10-16)37-20-8-4-7-19(36-2)22(20)28;1-3-6-22(33)31-15-5-7-19(31)26-30-24(25-27(34)29-14-16-32(25)26)17-10-12-18(13-11-17)36-21-9-4-8-20(35-2)23(21)28;1-3-17-7-5-9-21(23(17)28)35-19-12-10-18(11-13-19)24-25-27(34)29-14-16-32(25)26(30-24)20-8-6-15-31(20)22(33)4-2/h4,8-14,16,19H,5,7,15H2,1-2H3,(H2,30,36);3-4,7-13,15,18H,1,5-6,14H2,2H3,(H2,29,35);4,8-14,16,19H,5,7,15H2,1-2H3,(H,29,34);4-5,7,9-14,16,20H,2-3,6,8,15H2,1H3,(H,29,34)/t19-;18-;19-;20-/m0000/s1. The maximum Gasteiger partial charge on any atom is 0.299 e. The molecule has 37 heteroatoms. The first-order valence-electron chi connectivity index (χ1n) is 46.6. The van der Waals surface area contributed by atoms with Crippen molar-refractivity contribution in [2.75, 3.05) is 47.5 Å². The van der Waals surface area contributed by atoms with Crippen molar-refractivity contribution >= 4 is 57.5 Å². The molecular weight excluding hydrogens is 1880 g/mol. The van der Waals surface area contributed by atoms with Crippen LogP contribution in [0.15, 0.2) is 254 Å². The number of benzene rings is 8. The minimum atomic E-state index is -0.701.